The normalized spacial score (nSPS) is 12.5. The molecule has 0 radical (unpaired) electrons. The summed E-state index contributed by atoms with van der Waals surface area (Å²) < 4.78 is 1.97. The van der Waals surface area contributed by atoms with E-state index in [1.165, 1.54) is 0 Å². The van der Waals surface area contributed by atoms with Crippen molar-refractivity contribution >= 4 is 28.6 Å². The van der Waals surface area contributed by atoms with Crippen molar-refractivity contribution < 1.29 is 5.11 Å². The zero-order valence-electron chi connectivity index (χ0n) is 16.0. The van der Waals surface area contributed by atoms with E-state index < -0.39 is 0 Å². The summed E-state index contributed by atoms with van der Waals surface area (Å²) >= 11 is 0. The number of benzene rings is 1. The molecule has 5 N–H and O–H groups in total. The van der Waals surface area contributed by atoms with Gasteiger partial charge in [-0.3, -0.25) is 0 Å². The molecule has 0 fully saturated rings. The molecule has 0 aliphatic rings. The third kappa shape index (κ3) is 4.11. The SMILES string of the molecule is CCn1cnc2c(NCc3ccccc3N)nc(NC(CO)C(C)C)nc21. The van der Waals surface area contributed by atoms with Crippen LogP contribution in [-0.4, -0.2) is 37.3 Å². The van der Waals surface area contributed by atoms with Crippen molar-refractivity contribution in [3.8, 4) is 0 Å². The second-order valence-corrected chi connectivity index (χ2v) is 6.83. The van der Waals surface area contributed by atoms with Gasteiger partial charge in [0.1, 0.15) is 0 Å². The minimum absolute atomic E-state index is 0.00934. The van der Waals surface area contributed by atoms with Gasteiger partial charge in [-0.25, -0.2) is 4.98 Å². The summed E-state index contributed by atoms with van der Waals surface area (Å²) in [6.45, 7) is 7.42. The number of fused-ring (bicyclic) bond motifs is 1. The Morgan fingerprint density at radius 1 is 1.22 bits per heavy atom. The Morgan fingerprint density at radius 2 is 2.00 bits per heavy atom. The highest BCUT2D eigenvalue weighted by molar-refractivity contribution is 5.84. The first-order valence-corrected chi connectivity index (χ1v) is 9.21. The van der Waals surface area contributed by atoms with Gasteiger partial charge >= 0.3 is 0 Å². The lowest BCUT2D eigenvalue weighted by atomic mass is 10.1. The summed E-state index contributed by atoms with van der Waals surface area (Å²) in [5.74, 6) is 1.35. The number of aliphatic hydroxyl groups is 1. The predicted molar refractivity (Wildman–Crippen MR) is 109 cm³/mol. The lowest BCUT2D eigenvalue weighted by Crippen LogP contribution is -2.30. The van der Waals surface area contributed by atoms with Crippen LogP contribution >= 0.6 is 0 Å². The summed E-state index contributed by atoms with van der Waals surface area (Å²) in [5, 5.41) is 16.2. The first-order chi connectivity index (χ1) is 13.0. The minimum Gasteiger partial charge on any atom is -0.398 e. The van der Waals surface area contributed by atoms with Gasteiger partial charge in [-0.2, -0.15) is 9.97 Å². The van der Waals surface area contributed by atoms with Crippen molar-refractivity contribution in [1.82, 2.24) is 19.5 Å². The molecule has 1 atom stereocenters. The van der Waals surface area contributed by atoms with E-state index in [2.05, 4.69) is 25.6 Å². The molecule has 2 aromatic heterocycles. The highest BCUT2D eigenvalue weighted by Gasteiger charge is 2.17. The summed E-state index contributed by atoms with van der Waals surface area (Å²) in [4.78, 5) is 13.7. The maximum Gasteiger partial charge on any atom is 0.227 e. The predicted octanol–water partition coefficient (Wildman–Crippen LogP) is 2.47. The van der Waals surface area contributed by atoms with Crippen molar-refractivity contribution in [3.05, 3.63) is 36.2 Å². The van der Waals surface area contributed by atoms with Gasteiger partial charge in [-0.15, -0.1) is 0 Å². The Kier molecular flexibility index (Phi) is 5.75. The highest BCUT2D eigenvalue weighted by Crippen LogP contribution is 2.23. The van der Waals surface area contributed by atoms with Gasteiger partial charge in [0.15, 0.2) is 17.0 Å². The van der Waals surface area contributed by atoms with Crippen LogP contribution in [0.5, 0.6) is 0 Å². The molecule has 0 aliphatic carbocycles. The van der Waals surface area contributed by atoms with E-state index in [1.807, 2.05) is 49.6 Å². The van der Waals surface area contributed by atoms with Crippen LogP contribution in [0.3, 0.4) is 0 Å². The number of anilines is 3. The molecule has 8 heteroatoms. The van der Waals surface area contributed by atoms with E-state index in [0.717, 1.165) is 23.4 Å². The fourth-order valence-electron chi connectivity index (χ4n) is 2.83. The number of aliphatic hydroxyl groups excluding tert-OH is 1. The number of nitrogen functional groups attached to an aromatic ring is 1. The van der Waals surface area contributed by atoms with Crippen LogP contribution in [-0.2, 0) is 13.1 Å². The number of nitrogens with two attached hydrogens (primary N) is 1. The Morgan fingerprint density at radius 3 is 2.67 bits per heavy atom. The smallest absolute Gasteiger partial charge is 0.227 e. The number of nitrogens with one attached hydrogen (secondary N) is 2. The van der Waals surface area contributed by atoms with E-state index >= 15 is 0 Å². The molecule has 0 bridgehead atoms. The average molecular weight is 369 g/mol. The summed E-state index contributed by atoms with van der Waals surface area (Å²) in [7, 11) is 0. The van der Waals surface area contributed by atoms with Crippen LogP contribution in [0.1, 0.15) is 26.3 Å². The molecule has 0 spiro atoms. The van der Waals surface area contributed by atoms with Crippen LogP contribution in [0, 0.1) is 5.92 Å². The molecule has 3 rings (SSSR count). The van der Waals surface area contributed by atoms with Crippen molar-refractivity contribution in [3.63, 3.8) is 0 Å². The summed E-state index contributed by atoms with van der Waals surface area (Å²) in [5.41, 5.74) is 9.22. The lowest BCUT2D eigenvalue weighted by Gasteiger charge is -2.20. The maximum atomic E-state index is 9.62. The molecular weight excluding hydrogens is 342 g/mol. The van der Waals surface area contributed by atoms with Gasteiger partial charge in [0.25, 0.3) is 0 Å². The van der Waals surface area contributed by atoms with Gasteiger partial charge in [0, 0.05) is 18.8 Å². The third-order valence-corrected chi connectivity index (χ3v) is 4.62. The number of imidazole rings is 1. The van der Waals surface area contributed by atoms with E-state index in [4.69, 9.17) is 5.73 Å². The molecule has 0 saturated heterocycles. The van der Waals surface area contributed by atoms with Gasteiger partial charge in [0.2, 0.25) is 5.95 Å². The van der Waals surface area contributed by atoms with Gasteiger partial charge in [0.05, 0.1) is 19.0 Å². The molecule has 0 aliphatic heterocycles. The standard InChI is InChI=1S/C19H27N7O/c1-4-26-11-22-16-17(21-9-13-7-5-6-8-14(13)20)24-19(25-18(16)26)23-15(10-27)12(2)3/h5-8,11-12,15,27H,4,9-10,20H2,1-3H3,(H2,21,23,24,25). The molecular formula is C19H27N7O. The van der Waals surface area contributed by atoms with E-state index in [0.29, 0.717) is 23.8 Å². The molecule has 3 aromatic rings. The van der Waals surface area contributed by atoms with Gasteiger partial charge < -0.3 is 26.0 Å². The van der Waals surface area contributed by atoms with Crippen molar-refractivity contribution in [2.24, 2.45) is 5.92 Å². The molecule has 0 saturated carbocycles. The van der Waals surface area contributed by atoms with Crippen molar-refractivity contribution in [2.75, 3.05) is 23.0 Å². The first kappa shape index (κ1) is 18.9. The van der Waals surface area contributed by atoms with Crippen LogP contribution < -0.4 is 16.4 Å². The van der Waals surface area contributed by atoms with E-state index in [-0.39, 0.29) is 18.6 Å². The molecule has 2 heterocycles. The number of aromatic nitrogens is 4. The second-order valence-electron chi connectivity index (χ2n) is 6.83. The molecule has 0 amide bonds. The third-order valence-electron chi connectivity index (χ3n) is 4.62. The monoisotopic (exact) mass is 369 g/mol. The number of hydrogen-bond acceptors (Lipinski definition) is 7. The van der Waals surface area contributed by atoms with Crippen LogP contribution in [0.2, 0.25) is 0 Å². The molecule has 27 heavy (non-hydrogen) atoms. The zero-order valence-corrected chi connectivity index (χ0v) is 16.0. The second kappa shape index (κ2) is 8.22. The zero-order chi connectivity index (χ0) is 19.4. The van der Waals surface area contributed by atoms with Crippen LogP contribution in [0.4, 0.5) is 17.5 Å². The van der Waals surface area contributed by atoms with Crippen molar-refractivity contribution in [2.45, 2.75) is 39.9 Å². The Hall–Kier alpha value is -2.87. The maximum absolute atomic E-state index is 9.62. The van der Waals surface area contributed by atoms with Gasteiger partial charge in [-0.1, -0.05) is 32.0 Å². The molecule has 144 valence electrons. The van der Waals surface area contributed by atoms with Crippen LogP contribution in [0.25, 0.3) is 11.2 Å². The number of para-hydroxylation sites is 1. The quantitative estimate of drug-likeness (QED) is 0.451. The van der Waals surface area contributed by atoms with Crippen molar-refractivity contribution in [1.29, 1.82) is 0 Å². The Bertz CT molecular complexity index is 906. The first-order valence-electron chi connectivity index (χ1n) is 9.21. The van der Waals surface area contributed by atoms with E-state index in [1.54, 1.807) is 6.33 Å². The number of hydrogen-bond donors (Lipinski definition) is 4. The molecule has 1 aromatic carbocycles. The summed E-state index contributed by atoms with van der Waals surface area (Å²) in [6, 6.07) is 7.59. The fraction of sp³-hybridized carbons (Fsp3) is 0.421. The number of rotatable bonds is 8. The largest absolute Gasteiger partial charge is 0.398 e. The van der Waals surface area contributed by atoms with Gasteiger partial charge in [-0.05, 0) is 24.5 Å². The Balaban J connectivity index is 1.94. The average Bonchev–Trinajstić information content (AvgIpc) is 3.08. The topological polar surface area (TPSA) is 114 Å². The Labute approximate surface area is 158 Å². The van der Waals surface area contributed by atoms with E-state index in [9.17, 15) is 5.11 Å². The molecule has 8 nitrogen and oxygen atoms in total. The minimum atomic E-state index is -0.127. The lowest BCUT2D eigenvalue weighted by molar-refractivity contribution is 0.248. The molecule has 1 unspecified atom stereocenters. The summed E-state index contributed by atoms with van der Waals surface area (Å²) in [6.07, 6.45) is 1.76. The highest BCUT2D eigenvalue weighted by atomic mass is 16.3. The van der Waals surface area contributed by atoms with Crippen LogP contribution in [0.15, 0.2) is 30.6 Å². The fourth-order valence-corrected chi connectivity index (χ4v) is 2.83. The number of nitrogens with zero attached hydrogens (tertiary/aromatic N) is 4. The number of aryl methyl sites for hydroxylation is 1.